The first-order valence-electron chi connectivity index (χ1n) is 22.1. The fourth-order valence-corrected chi connectivity index (χ4v) is 5.90. The average molecular weight is 856 g/mol. The van der Waals surface area contributed by atoms with Gasteiger partial charge in [-0.1, -0.05) is 155 Å². The molecule has 0 aromatic carbocycles. The van der Waals surface area contributed by atoms with Crippen LogP contribution in [0, 0.1) is 0 Å². The van der Waals surface area contributed by atoms with Gasteiger partial charge in [-0.05, 0) is 89.9 Å². The van der Waals surface area contributed by atoms with Crippen LogP contribution in [0.15, 0.2) is 122 Å². The van der Waals surface area contributed by atoms with Gasteiger partial charge in [0.15, 0.2) is 6.10 Å². The van der Waals surface area contributed by atoms with Crippen molar-refractivity contribution in [3.63, 3.8) is 0 Å². The van der Waals surface area contributed by atoms with Crippen molar-refractivity contribution in [2.45, 2.75) is 148 Å². The molecule has 2 unspecified atom stereocenters. The molecule has 0 saturated carbocycles. The monoisotopic (exact) mass is 856 g/mol. The topological polar surface area (TPSA) is 155 Å². The van der Waals surface area contributed by atoms with E-state index in [0.717, 1.165) is 57.8 Å². The number of unbranched alkanes of at least 4 members (excludes halogenated alkanes) is 6. The highest BCUT2D eigenvalue weighted by molar-refractivity contribution is 7.47. The number of phosphoric acid groups is 1. The van der Waals surface area contributed by atoms with Crippen LogP contribution < -0.4 is 5.73 Å². The van der Waals surface area contributed by atoms with Crippen LogP contribution in [0.25, 0.3) is 0 Å². The number of phosphoric ester groups is 1. The minimum Gasteiger partial charge on any atom is -0.462 e. The number of carbonyl (C=O) groups is 2. The Hall–Kier alpha value is -3.63. The third kappa shape index (κ3) is 42.5. The minimum absolute atomic E-state index is 0.0232. The highest BCUT2D eigenvalue weighted by Gasteiger charge is 2.25. The van der Waals surface area contributed by atoms with E-state index in [1.807, 2.05) is 48.6 Å². The van der Waals surface area contributed by atoms with Crippen LogP contribution >= 0.6 is 7.82 Å². The van der Waals surface area contributed by atoms with Crippen molar-refractivity contribution >= 4 is 19.8 Å². The minimum atomic E-state index is -4.43. The Labute approximate surface area is 363 Å². The summed E-state index contributed by atoms with van der Waals surface area (Å²) >= 11 is 0. The van der Waals surface area contributed by atoms with Gasteiger partial charge in [-0.2, -0.15) is 0 Å². The van der Waals surface area contributed by atoms with Crippen molar-refractivity contribution in [3.05, 3.63) is 122 Å². The largest absolute Gasteiger partial charge is 0.472 e. The number of aliphatic hydroxyl groups is 1. The second-order valence-electron chi connectivity index (χ2n) is 14.0. The van der Waals surface area contributed by atoms with Crippen molar-refractivity contribution in [1.29, 1.82) is 0 Å². The molecule has 0 aliphatic rings. The number of hydrogen-bond acceptors (Lipinski definition) is 9. The Morgan fingerprint density at radius 2 is 1.15 bits per heavy atom. The molecule has 11 heteroatoms. The fourth-order valence-electron chi connectivity index (χ4n) is 5.14. The van der Waals surface area contributed by atoms with E-state index in [4.69, 9.17) is 24.3 Å². The third-order valence-electron chi connectivity index (χ3n) is 8.43. The van der Waals surface area contributed by atoms with E-state index >= 15 is 0 Å². The Bertz CT molecular complexity index is 1410. The van der Waals surface area contributed by atoms with Gasteiger partial charge < -0.3 is 25.2 Å². The Kier molecular flexibility index (Phi) is 40.8. The van der Waals surface area contributed by atoms with Gasteiger partial charge in [0, 0.05) is 19.4 Å². The van der Waals surface area contributed by atoms with Gasteiger partial charge >= 0.3 is 19.8 Å². The molecule has 338 valence electrons. The molecule has 10 nitrogen and oxygen atoms in total. The lowest BCUT2D eigenvalue weighted by atomic mass is 10.1. The van der Waals surface area contributed by atoms with Crippen LogP contribution in [0.5, 0.6) is 0 Å². The summed E-state index contributed by atoms with van der Waals surface area (Å²) < 4.78 is 32.6. The van der Waals surface area contributed by atoms with Gasteiger partial charge in [0.25, 0.3) is 0 Å². The van der Waals surface area contributed by atoms with E-state index in [9.17, 15) is 24.2 Å². The number of carbonyl (C=O) groups excluding carboxylic acids is 2. The summed E-state index contributed by atoms with van der Waals surface area (Å²) in [5, 5.41) is 10.00. The maximum Gasteiger partial charge on any atom is 0.472 e. The van der Waals surface area contributed by atoms with E-state index in [0.29, 0.717) is 25.7 Å². The van der Waals surface area contributed by atoms with Gasteiger partial charge in [-0.25, -0.2) is 4.57 Å². The lowest BCUT2D eigenvalue weighted by Crippen LogP contribution is -2.29. The number of ether oxygens (including phenoxy) is 2. The summed E-state index contributed by atoms with van der Waals surface area (Å²) in [5.41, 5.74) is 5.34. The van der Waals surface area contributed by atoms with Crippen LogP contribution in [-0.4, -0.2) is 60.5 Å². The number of aliphatic hydroxyl groups excluding tert-OH is 1. The first-order chi connectivity index (χ1) is 29.2. The quantitative estimate of drug-likeness (QED) is 0.0179. The van der Waals surface area contributed by atoms with E-state index < -0.39 is 38.6 Å². The zero-order valence-corrected chi connectivity index (χ0v) is 37.6. The van der Waals surface area contributed by atoms with E-state index in [-0.39, 0.29) is 32.6 Å². The van der Waals surface area contributed by atoms with E-state index in [1.54, 1.807) is 6.08 Å². The van der Waals surface area contributed by atoms with Gasteiger partial charge in [0.05, 0.1) is 19.3 Å². The normalized spacial score (nSPS) is 14.9. The molecular weight excluding hydrogens is 778 g/mol. The second kappa shape index (κ2) is 43.5. The second-order valence-corrected chi connectivity index (χ2v) is 15.5. The maximum atomic E-state index is 12.6. The fraction of sp³-hybridized carbons (Fsp3) is 0.551. The summed E-state index contributed by atoms with van der Waals surface area (Å²) in [7, 11) is -4.43. The number of allylic oxidation sites excluding steroid dienone is 18. The Balaban J connectivity index is 4.42. The van der Waals surface area contributed by atoms with Crippen molar-refractivity contribution in [2.75, 3.05) is 26.4 Å². The van der Waals surface area contributed by atoms with Gasteiger partial charge in [0.1, 0.15) is 6.61 Å². The predicted octanol–water partition coefficient (Wildman–Crippen LogP) is 11.9. The van der Waals surface area contributed by atoms with Crippen molar-refractivity contribution in [3.8, 4) is 0 Å². The molecule has 0 saturated heterocycles. The standard InChI is InChI=1S/C49H78NO9P/c1-3-5-7-9-11-12-13-14-15-16-17-18-19-20-21-26-29-33-37-41-49(53)59-47(45-58-60(54,55)57-43-42-50)44-56-48(52)40-36-32-28-25-23-22-24-27-31-35-39-46(51)38-34-30-10-8-6-4-2/h6,8,11-12,14-15,17-18,20-23,27-28,30-32,34-35,39,46-47,51H,3-5,7,9-10,13,16,19,24-26,29,33,36-38,40-45,50H2,1-2H3,(H,54,55)/b8-6-,12-11-,15-14-,18-17-,21-20-,23-22-,31-27-,32-28-,34-30-,39-35+/t46?,47-/m1/s1. The van der Waals surface area contributed by atoms with Gasteiger partial charge in [-0.15, -0.1) is 0 Å². The molecule has 0 radical (unpaired) electrons. The summed E-state index contributed by atoms with van der Waals surface area (Å²) in [5.74, 6) is -1.01. The van der Waals surface area contributed by atoms with E-state index in [2.05, 4.69) is 80.7 Å². The van der Waals surface area contributed by atoms with Crippen LogP contribution in [0.2, 0.25) is 0 Å². The van der Waals surface area contributed by atoms with Crippen LogP contribution in [0.3, 0.4) is 0 Å². The number of nitrogens with two attached hydrogens (primary N) is 1. The molecular formula is C49H78NO9P. The molecule has 0 heterocycles. The molecule has 0 aliphatic carbocycles. The SMILES string of the molecule is CC/C=C\C/C=C\CC(O)/C=C/C=C\C/C=C\C/C=C\CCC(=O)OC[C@H](COP(=O)(O)OCCN)OC(=O)CCCCC/C=C\C/C=C\C/C=C\C/C=C\CCCCC. The highest BCUT2D eigenvalue weighted by Crippen LogP contribution is 2.43. The summed E-state index contributed by atoms with van der Waals surface area (Å²) in [6.07, 6.45) is 55.5. The van der Waals surface area contributed by atoms with Gasteiger partial charge in [0.2, 0.25) is 0 Å². The highest BCUT2D eigenvalue weighted by atomic mass is 31.2. The molecule has 3 atom stereocenters. The number of esters is 2. The zero-order valence-electron chi connectivity index (χ0n) is 36.7. The predicted molar refractivity (Wildman–Crippen MR) is 248 cm³/mol. The van der Waals surface area contributed by atoms with Crippen molar-refractivity contribution < 1.29 is 42.7 Å². The number of hydrogen-bond donors (Lipinski definition) is 3. The van der Waals surface area contributed by atoms with Crippen LogP contribution in [-0.2, 0) is 32.7 Å². The lowest BCUT2D eigenvalue weighted by molar-refractivity contribution is -0.161. The molecule has 0 rings (SSSR count). The molecule has 60 heavy (non-hydrogen) atoms. The van der Waals surface area contributed by atoms with Crippen molar-refractivity contribution in [2.24, 2.45) is 5.73 Å². The molecule has 0 amide bonds. The van der Waals surface area contributed by atoms with E-state index in [1.165, 1.54) is 25.7 Å². The number of rotatable bonds is 39. The molecule has 0 aromatic heterocycles. The van der Waals surface area contributed by atoms with Crippen LogP contribution in [0.4, 0.5) is 0 Å². The van der Waals surface area contributed by atoms with Gasteiger partial charge in [-0.3, -0.25) is 18.6 Å². The molecule has 0 aliphatic heterocycles. The van der Waals surface area contributed by atoms with Crippen LogP contribution in [0.1, 0.15) is 136 Å². The first-order valence-corrected chi connectivity index (χ1v) is 23.6. The Morgan fingerprint density at radius 1 is 0.600 bits per heavy atom. The summed E-state index contributed by atoms with van der Waals surface area (Å²) in [6.45, 7) is 3.35. The maximum absolute atomic E-state index is 12.6. The van der Waals surface area contributed by atoms with Crippen molar-refractivity contribution in [1.82, 2.24) is 0 Å². The third-order valence-corrected chi connectivity index (χ3v) is 9.41. The molecule has 0 fully saturated rings. The zero-order chi connectivity index (χ0) is 44.0. The molecule has 4 N–H and O–H groups in total. The smallest absolute Gasteiger partial charge is 0.462 e. The average Bonchev–Trinajstić information content (AvgIpc) is 3.23. The molecule has 0 bridgehead atoms. The lowest BCUT2D eigenvalue weighted by Gasteiger charge is -2.19. The summed E-state index contributed by atoms with van der Waals surface area (Å²) in [4.78, 5) is 34.9. The Morgan fingerprint density at radius 3 is 1.75 bits per heavy atom. The molecule has 0 spiro atoms. The summed E-state index contributed by atoms with van der Waals surface area (Å²) in [6, 6.07) is 0. The first kappa shape index (κ1) is 56.4. The molecule has 0 aromatic rings.